The van der Waals surface area contributed by atoms with E-state index in [-0.39, 0.29) is 10.8 Å². The van der Waals surface area contributed by atoms with Crippen LogP contribution in [0.3, 0.4) is 0 Å². The van der Waals surface area contributed by atoms with Crippen LogP contribution in [0.1, 0.15) is 13.8 Å². The summed E-state index contributed by atoms with van der Waals surface area (Å²) >= 11 is 0. The molecule has 28 heavy (non-hydrogen) atoms. The fraction of sp³-hybridized carbons (Fsp3) is 0.632. The van der Waals surface area contributed by atoms with Gasteiger partial charge in [-0.05, 0) is 30.2 Å². The summed E-state index contributed by atoms with van der Waals surface area (Å²) in [5.74, 6) is 0.991. The Bertz CT molecular complexity index is 714. The topological polar surface area (TPSA) is 88.2 Å². The summed E-state index contributed by atoms with van der Waals surface area (Å²) in [5, 5.41) is 2.89. The molecule has 1 aliphatic rings. The Labute approximate surface area is 167 Å². The SMILES string of the molecule is COCCOc1ccc(S(=O)(=O)N2CCN(CC(=O)NCC(C)C)CC2)cc1. The number of nitrogens with zero attached hydrogens (tertiary/aromatic N) is 2. The van der Waals surface area contributed by atoms with Crippen LogP contribution in [0.15, 0.2) is 29.2 Å². The van der Waals surface area contributed by atoms with Gasteiger partial charge in [0.2, 0.25) is 15.9 Å². The van der Waals surface area contributed by atoms with Gasteiger partial charge in [-0.1, -0.05) is 13.8 Å². The maximum atomic E-state index is 12.8. The molecule has 8 nitrogen and oxygen atoms in total. The molecular weight excluding hydrogens is 382 g/mol. The van der Waals surface area contributed by atoms with Gasteiger partial charge in [0.25, 0.3) is 0 Å². The van der Waals surface area contributed by atoms with Crippen molar-refractivity contribution in [2.45, 2.75) is 18.7 Å². The van der Waals surface area contributed by atoms with Crippen molar-refractivity contribution in [3.8, 4) is 5.75 Å². The Hall–Kier alpha value is -1.68. The van der Waals surface area contributed by atoms with Crippen molar-refractivity contribution < 1.29 is 22.7 Å². The highest BCUT2D eigenvalue weighted by molar-refractivity contribution is 7.89. The Morgan fingerprint density at radius 3 is 2.32 bits per heavy atom. The van der Waals surface area contributed by atoms with E-state index in [1.807, 2.05) is 18.7 Å². The Kier molecular flexibility index (Phi) is 8.68. The van der Waals surface area contributed by atoms with Gasteiger partial charge < -0.3 is 14.8 Å². The zero-order valence-electron chi connectivity index (χ0n) is 16.9. The molecule has 1 amide bonds. The van der Waals surface area contributed by atoms with Crippen molar-refractivity contribution in [2.75, 3.05) is 59.6 Å². The summed E-state index contributed by atoms with van der Waals surface area (Å²) in [7, 11) is -1.96. The first-order valence-electron chi connectivity index (χ1n) is 9.54. The van der Waals surface area contributed by atoms with E-state index in [1.165, 1.54) is 4.31 Å². The lowest BCUT2D eigenvalue weighted by Gasteiger charge is -2.33. The maximum absolute atomic E-state index is 12.8. The maximum Gasteiger partial charge on any atom is 0.243 e. The van der Waals surface area contributed by atoms with E-state index in [0.29, 0.717) is 64.1 Å². The molecule has 158 valence electrons. The second kappa shape index (κ2) is 10.8. The molecule has 0 aliphatic carbocycles. The smallest absolute Gasteiger partial charge is 0.243 e. The Morgan fingerprint density at radius 1 is 1.11 bits per heavy atom. The molecule has 1 N–H and O–H groups in total. The van der Waals surface area contributed by atoms with Gasteiger partial charge in [0.05, 0.1) is 18.0 Å². The highest BCUT2D eigenvalue weighted by Gasteiger charge is 2.29. The molecule has 1 aromatic carbocycles. The second-order valence-corrected chi connectivity index (χ2v) is 9.13. The first-order chi connectivity index (χ1) is 13.3. The van der Waals surface area contributed by atoms with Gasteiger partial charge in [-0.2, -0.15) is 4.31 Å². The van der Waals surface area contributed by atoms with Crippen molar-refractivity contribution >= 4 is 15.9 Å². The standard InChI is InChI=1S/C19H31N3O5S/c1-16(2)14-20-19(23)15-21-8-10-22(11-9-21)28(24,25)18-6-4-17(5-7-18)27-13-12-26-3/h4-7,16H,8-15H2,1-3H3,(H,20,23). The minimum atomic E-state index is -3.55. The fourth-order valence-electron chi connectivity index (χ4n) is 2.80. The van der Waals surface area contributed by atoms with E-state index in [1.54, 1.807) is 31.4 Å². The van der Waals surface area contributed by atoms with E-state index in [4.69, 9.17) is 9.47 Å². The summed E-state index contributed by atoms with van der Waals surface area (Å²) in [5.41, 5.74) is 0. The summed E-state index contributed by atoms with van der Waals surface area (Å²) in [6, 6.07) is 6.42. The number of nitrogens with one attached hydrogen (secondary N) is 1. The van der Waals surface area contributed by atoms with Gasteiger partial charge in [0, 0.05) is 39.8 Å². The van der Waals surface area contributed by atoms with Gasteiger partial charge in [0.1, 0.15) is 12.4 Å². The molecule has 0 atom stereocenters. The van der Waals surface area contributed by atoms with Crippen LogP contribution in [-0.4, -0.2) is 83.1 Å². The molecule has 0 spiro atoms. The average Bonchev–Trinajstić information content (AvgIpc) is 2.67. The van der Waals surface area contributed by atoms with E-state index in [2.05, 4.69) is 5.32 Å². The van der Waals surface area contributed by atoms with Crippen LogP contribution in [0, 0.1) is 5.92 Å². The van der Waals surface area contributed by atoms with Crippen molar-refractivity contribution in [3.63, 3.8) is 0 Å². The van der Waals surface area contributed by atoms with Crippen molar-refractivity contribution in [2.24, 2.45) is 5.92 Å². The van der Waals surface area contributed by atoms with E-state index in [0.717, 1.165) is 0 Å². The minimum absolute atomic E-state index is 0.0194. The number of sulfonamides is 1. The van der Waals surface area contributed by atoms with Crippen LogP contribution in [0.25, 0.3) is 0 Å². The third kappa shape index (κ3) is 6.73. The molecule has 0 aromatic heterocycles. The van der Waals surface area contributed by atoms with Crippen LogP contribution in [0.4, 0.5) is 0 Å². The number of ether oxygens (including phenoxy) is 2. The third-order valence-corrected chi connectivity index (χ3v) is 6.34. The third-order valence-electron chi connectivity index (χ3n) is 4.42. The first kappa shape index (κ1) is 22.6. The predicted octanol–water partition coefficient (Wildman–Crippen LogP) is 0.790. The normalized spacial score (nSPS) is 16.3. The molecule has 0 saturated carbocycles. The Balaban J connectivity index is 1.86. The predicted molar refractivity (Wildman–Crippen MR) is 107 cm³/mol. The lowest BCUT2D eigenvalue weighted by molar-refractivity contribution is -0.122. The molecule has 1 saturated heterocycles. The molecule has 2 rings (SSSR count). The summed E-state index contributed by atoms with van der Waals surface area (Å²) in [6.07, 6.45) is 0. The van der Waals surface area contributed by atoms with Crippen LogP contribution in [0.5, 0.6) is 5.75 Å². The van der Waals surface area contributed by atoms with E-state index >= 15 is 0 Å². The average molecular weight is 414 g/mol. The number of benzene rings is 1. The first-order valence-corrected chi connectivity index (χ1v) is 11.0. The van der Waals surface area contributed by atoms with Crippen LogP contribution in [0.2, 0.25) is 0 Å². The van der Waals surface area contributed by atoms with Gasteiger partial charge in [-0.25, -0.2) is 8.42 Å². The molecule has 1 fully saturated rings. The number of methoxy groups -OCH3 is 1. The monoisotopic (exact) mass is 413 g/mol. The molecule has 1 heterocycles. The number of rotatable bonds is 10. The zero-order valence-corrected chi connectivity index (χ0v) is 17.7. The minimum Gasteiger partial charge on any atom is -0.491 e. The number of amides is 1. The van der Waals surface area contributed by atoms with Gasteiger partial charge in [0.15, 0.2) is 0 Å². The van der Waals surface area contributed by atoms with Crippen molar-refractivity contribution in [1.82, 2.24) is 14.5 Å². The van der Waals surface area contributed by atoms with Gasteiger partial charge in [-0.3, -0.25) is 9.69 Å². The van der Waals surface area contributed by atoms with Crippen molar-refractivity contribution in [1.29, 1.82) is 0 Å². The highest BCUT2D eigenvalue weighted by atomic mass is 32.2. The lowest BCUT2D eigenvalue weighted by atomic mass is 10.2. The fourth-order valence-corrected chi connectivity index (χ4v) is 4.23. The molecule has 1 aliphatic heterocycles. The lowest BCUT2D eigenvalue weighted by Crippen LogP contribution is -2.51. The zero-order chi connectivity index (χ0) is 20.6. The second-order valence-electron chi connectivity index (χ2n) is 7.19. The van der Waals surface area contributed by atoms with Crippen molar-refractivity contribution in [3.05, 3.63) is 24.3 Å². The Morgan fingerprint density at radius 2 is 1.75 bits per heavy atom. The summed E-state index contributed by atoms with van der Waals surface area (Å²) in [6.45, 7) is 7.73. The largest absolute Gasteiger partial charge is 0.491 e. The van der Waals surface area contributed by atoms with E-state index in [9.17, 15) is 13.2 Å². The molecule has 0 radical (unpaired) electrons. The van der Waals surface area contributed by atoms with Crippen LogP contribution in [-0.2, 0) is 19.6 Å². The molecular formula is C19H31N3O5S. The van der Waals surface area contributed by atoms with Crippen LogP contribution >= 0.6 is 0 Å². The molecule has 1 aromatic rings. The van der Waals surface area contributed by atoms with E-state index < -0.39 is 10.0 Å². The van der Waals surface area contributed by atoms with Gasteiger partial charge >= 0.3 is 0 Å². The summed E-state index contributed by atoms with van der Waals surface area (Å²) in [4.78, 5) is 14.2. The number of carbonyl (C=O) groups excluding carboxylic acids is 1. The molecule has 0 bridgehead atoms. The molecule has 0 unspecified atom stereocenters. The molecule has 9 heteroatoms. The summed E-state index contributed by atoms with van der Waals surface area (Å²) < 4.78 is 37.5. The number of piperazine rings is 1. The highest BCUT2D eigenvalue weighted by Crippen LogP contribution is 2.20. The number of carbonyl (C=O) groups is 1. The quantitative estimate of drug-likeness (QED) is 0.571. The van der Waals surface area contributed by atoms with Crippen LogP contribution < -0.4 is 10.1 Å². The number of hydrogen-bond acceptors (Lipinski definition) is 6. The van der Waals surface area contributed by atoms with Gasteiger partial charge in [-0.15, -0.1) is 0 Å². The number of hydrogen-bond donors (Lipinski definition) is 1.